The molecule has 2 aromatic carbocycles. The van der Waals surface area contributed by atoms with Crippen LogP contribution in [0.2, 0.25) is 0 Å². The van der Waals surface area contributed by atoms with Crippen molar-refractivity contribution in [2.24, 2.45) is 0 Å². The SMILES string of the molecule is COC(=O)c1ccc(CCCN(c2cccc(C3CCNCC3)c2)[SH](=O)=O)c(F)c1. The Kier molecular flexibility index (Phi) is 7.81. The van der Waals surface area contributed by atoms with Crippen LogP contribution in [0.5, 0.6) is 0 Å². The maximum absolute atomic E-state index is 14.3. The molecule has 0 aromatic heterocycles. The van der Waals surface area contributed by atoms with Gasteiger partial charge in [-0.15, -0.1) is 0 Å². The molecule has 0 amide bonds. The molecule has 0 bridgehead atoms. The molecule has 1 N–H and O–H groups in total. The molecule has 1 aliphatic heterocycles. The number of carbonyl (C=O) groups is 1. The van der Waals surface area contributed by atoms with Crippen LogP contribution in [0, 0.1) is 5.82 Å². The van der Waals surface area contributed by atoms with E-state index in [4.69, 9.17) is 0 Å². The second-order valence-electron chi connectivity index (χ2n) is 7.38. The summed E-state index contributed by atoms with van der Waals surface area (Å²) in [6.07, 6.45) is 2.89. The highest BCUT2D eigenvalue weighted by molar-refractivity contribution is 7.74. The van der Waals surface area contributed by atoms with Gasteiger partial charge in [-0.25, -0.2) is 17.6 Å². The molecular formula is C22H27FN2O4S. The Morgan fingerprint density at radius 2 is 1.97 bits per heavy atom. The number of halogens is 1. The third-order valence-electron chi connectivity index (χ3n) is 5.47. The van der Waals surface area contributed by atoms with Crippen molar-refractivity contribution in [3.05, 3.63) is 65.0 Å². The van der Waals surface area contributed by atoms with Gasteiger partial charge < -0.3 is 10.1 Å². The summed E-state index contributed by atoms with van der Waals surface area (Å²) in [5.74, 6) is -0.660. The Hall–Kier alpha value is -2.45. The van der Waals surface area contributed by atoms with Crippen LogP contribution in [-0.2, 0) is 22.0 Å². The van der Waals surface area contributed by atoms with Gasteiger partial charge in [0.05, 0.1) is 18.4 Å². The zero-order valence-corrected chi connectivity index (χ0v) is 17.9. The summed E-state index contributed by atoms with van der Waals surface area (Å²) in [5, 5.41) is 3.34. The average molecular weight is 435 g/mol. The van der Waals surface area contributed by atoms with Gasteiger partial charge in [-0.05, 0) is 80.1 Å². The van der Waals surface area contributed by atoms with Gasteiger partial charge in [0, 0.05) is 6.54 Å². The summed E-state index contributed by atoms with van der Waals surface area (Å²) in [6, 6.07) is 11.9. The quantitative estimate of drug-likeness (QED) is 0.493. The largest absolute Gasteiger partial charge is 0.465 e. The molecule has 6 nitrogen and oxygen atoms in total. The number of aryl methyl sites for hydroxylation is 1. The number of nitrogens with one attached hydrogen (secondary N) is 1. The lowest BCUT2D eigenvalue weighted by Gasteiger charge is -2.25. The van der Waals surface area contributed by atoms with Crippen LogP contribution < -0.4 is 9.62 Å². The number of hydrogen-bond donors (Lipinski definition) is 2. The molecule has 1 fully saturated rings. The number of rotatable bonds is 8. The van der Waals surface area contributed by atoms with Crippen LogP contribution in [0.4, 0.5) is 10.1 Å². The molecular weight excluding hydrogens is 407 g/mol. The molecule has 162 valence electrons. The highest BCUT2D eigenvalue weighted by Gasteiger charge is 2.17. The number of esters is 1. The highest BCUT2D eigenvalue weighted by Crippen LogP contribution is 2.28. The normalized spacial score (nSPS) is 14.6. The Labute approximate surface area is 178 Å². The van der Waals surface area contributed by atoms with Crippen LogP contribution in [-0.4, -0.2) is 41.1 Å². The van der Waals surface area contributed by atoms with Gasteiger partial charge in [0.25, 0.3) is 0 Å². The number of anilines is 1. The number of ether oxygens (including phenoxy) is 1. The molecule has 0 unspecified atom stereocenters. The number of thiol groups is 1. The summed E-state index contributed by atoms with van der Waals surface area (Å²) >= 11 is 0. The maximum Gasteiger partial charge on any atom is 0.337 e. The molecule has 8 heteroatoms. The van der Waals surface area contributed by atoms with E-state index in [-0.39, 0.29) is 12.1 Å². The lowest BCUT2D eigenvalue weighted by atomic mass is 9.90. The van der Waals surface area contributed by atoms with E-state index in [2.05, 4.69) is 10.1 Å². The zero-order chi connectivity index (χ0) is 21.5. The predicted molar refractivity (Wildman–Crippen MR) is 115 cm³/mol. The highest BCUT2D eigenvalue weighted by atomic mass is 32.2. The maximum atomic E-state index is 14.3. The van der Waals surface area contributed by atoms with E-state index in [0.29, 0.717) is 30.0 Å². The molecule has 30 heavy (non-hydrogen) atoms. The number of benzene rings is 2. The topological polar surface area (TPSA) is 75.7 Å². The number of nitrogens with zero attached hydrogens (tertiary/aromatic N) is 1. The molecule has 2 aromatic rings. The summed E-state index contributed by atoms with van der Waals surface area (Å²) in [4.78, 5) is 11.5. The van der Waals surface area contributed by atoms with Gasteiger partial charge >= 0.3 is 5.97 Å². The van der Waals surface area contributed by atoms with E-state index >= 15 is 0 Å². The molecule has 1 heterocycles. The van der Waals surface area contributed by atoms with Gasteiger partial charge in [0.15, 0.2) is 0 Å². The van der Waals surface area contributed by atoms with Crippen molar-refractivity contribution in [3.8, 4) is 0 Å². The van der Waals surface area contributed by atoms with E-state index < -0.39 is 22.7 Å². The fraction of sp³-hybridized carbons (Fsp3) is 0.409. The van der Waals surface area contributed by atoms with Crippen LogP contribution in [0.1, 0.15) is 46.7 Å². The van der Waals surface area contributed by atoms with Crippen molar-refractivity contribution in [1.29, 1.82) is 0 Å². The number of carbonyl (C=O) groups excluding carboxylic acids is 1. The van der Waals surface area contributed by atoms with Gasteiger partial charge in [-0.1, -0.05) is 18.2 Å². The Bertz CT molecular complexity index is 950. The molecule has 1 saturated heterocycles. The number of hydrogen-bond acceptors (Lipinski definition) is 5. The zero-order valence-electron chi connectivity index (χ0n) is 17.0. The third kappa shape index (κ3) is 5.58. The molecule has 0 spiro atoms. The van der Waals surface area contributed by atoms with Gasteiger partial charge in [-0.2, -0.15) is 0 Å². The first-order chi connectivity index (χ1) is 14.5. The molecule has 3 rings (SSSR count). The summed E-state index contributed by atoms with van der Waals surface area (Å²) in [6.45, 7) is 2.19. The fourth-order valence-corrected chi connectivity index (χ4v) is 4.43. The Balaban J connectivity index is 1.66. The standard InChI is InChI=1S/C22H27FN2O4S/c1-29-22(26)19-8-7-17(21(23)15-19)5-3-13-25(30(27)28)20-6-2-4-18(14-20)16-9-11-24-12-10-16/h2,4,6-8,14-16,24,30H,3,5,9-13H2,1H3. The lowest BCUT2D eigenvalue weighted by molar-refractivity contribution is 0.0600. The van der Waals surface area contributed by atoms with E-state index in [1.807, 2.05) is 18.2 Å². The first-order valence-electron chi connectivity index (χ1n) is 10.1. The minimum absolute atomic E-state index is 0.151. The molecule has 0 aliphatic carbocycles. The fourth-order valence-electron chi connectivity index (χ4n) is 3.81. The van der Waals surface area contributed by atoms with Gasteiger partial charge in [-0.3, -0.25) is 4.31 Å². The van der Waals surface area contributed by atoms with E-state index in [9.17, 15) is 17.6 Å². The van der Waals surface area contributed by atoms with E-state index in [0.717, 1.165) is 37.6 Å². The van der Waals surface area contributed by atoms with E-state index in [1.54, 1.807) is 12.1 Å². The van der Waals surface area contributed by atoms with Crippen LogP contribution in [0.3, 0.4) is 0 Å². The minimum Gasteiger partial charge on any atom is -0.465 e. The monoisotopic (exact) mass is 434 g/mol. The predicted octanol–water partition coefficient (Wildman–Crippen LogP) is 3.04. The second kappa shape index (κ2) is 10.5. The third-order valence-corrected chi connectivity index (χ3v) is 6.29. The summed E-state index contributed by atoms with van der Waals surface area (Å²) in [5.41, 5.74) is 2.38. The molecule has 0 saturated carbocycles. The molecule has 0 atom stereocenters. The first-order valence-corrected chi connectivity index (χ1v) is 11.2. The smallest absolute Gasteiger partial charge is 0.337 e. The lowest BCUT2D eigenvalue weighted by Crippen LogP contribution is -2.27. The van der Waals surface area contributed by atoms with Crippen LogP contribution in [0.15, 0.2) is 42.5 Å². The van der Waals surface area contributed by atoms with Crippen molar-refractivity contribution in [2.75, 3.05) is 31.0 Å². The second-order valence-corrected chi connectivity index (χ2v) is 8.34. The van der Waals surface area contributed by atoms with Crippen molar-refractivity contribution in [2.45, 2.75) is 31.6 Å². The summed E-state index contributed by atoms with van der Waals surface area (Å²) < 4.78 is 44.0. The molecule has 0 radical (unpaired) electrons. The summed E-state index contributed by atoms with van der Waals surface area (Å²) in [7, 11) is -1.57. The van der Waals surface area contributed by atoms with Crippen molar-refractivity contribution in [1.82, 2.24) is 5.32 Å². The first kappa shape index (κ1) is 22.2. The number of methoxy groups -OCH3 is 1. The Morgan fingerprint density at radius 3 is 2.63 bits per heavy atom. The van der Waals surface area contributed by atoms with Crippen molar-refractivity contribution in [3.63, 3.8) is 0 Å². The van der Waals surface area contributed by atoms with Crippen LogP contribution >= 0.6 is 0 Å². The van der Waals surface area contributed by atoms with Gasteiger partial charge in [0.1, 0.15) is 5.82 Å². The van der Waals surface area contributed by atoms with Crippen molar-refractivity contribution < 1.29 is 22.3 Å². The van der Waals surface area contributed by atoms with Gasteiger partial charge in [0.2, 0.25) is 10.9 Å². The van der Waals surface area contributed by atoms with Crippen molar-refractivity contribution >= 4 is 22.5 Å². The molecule has 1 aliphatic rings. The Morgan fingerprint density at radius 1 is 1.20 bits per heavy atom. The number of piperidine rings is 1. The minimum atomic E-state index is -2.81. The van der Waals surface area contributed by atoms with E-state index in [1.165, 1.54) is 17.5 Å². The average Bonchev–Trinajstić information content (AvgIpc) is 2.77. The van der Waals surface area contributed by atoms with Crippen LogP contribution in [0.25, 0.3) is 0 Å².